The summed E-state index contributed by atoms with van der Waals surface area (Å²) in [5.41, 5.74) is 7.35. The zero-order valence-corrected chi connectivity index (χ0v) is 15.2. The van der Waals surface area contributed by atoms with Crippen molar-refractivity contribution in [1.82, 2.24) is 0 Å². The molecule has 7 heteroatoms. The van der Waals surface area contributed by atoms with E-state index < -0.39 is 17.8 Å². The molecular formula is C22H16N2O5. The maximum atomic E-state index is 12.8. The van der Waals surface area contributed by atoms with Crippen LogP contribution in [-0.2, 0) is 11.3 Å². The Bertz CT molecular complexity index is 1120. The summed E-state index contributed by atoms with van der Waals surface area (Å²) in [5, 5.41) is 9.85. The molecule has 0 fully saturated rings. The number of nitrogens with zero attached hydrogens (tertiary/aromatic N) is 1. The molecule has 0 aromatic heterocycles. The van der Waals surface area contributed by atoms with E-state index in [-0.39, 0.29) is 17.9 Å². The van der Waals surface area contributed by atoms with Crippen LogP contribution in [0.15, 0.2) is 66.7 Å². The molecule has 0 aliphatic carbocycles. The van der Waals surface area contributed by atoms with Gasteiger partial charge in [-0.2, -0.15) is 0 Å². The maximum Gasteiger partial charge on any atom is 0.342 e. The second-order valence-corrected chi connectivity index (χ2v) is 6.47. The number of hydrogen-bond acceptors (Lipinski definition) is 6. The topological polar surface area (TPSA) is 110 Å². The number of aromatic hydroxyl groups is 1. The van der Waals surface area contributed by atoms with Crippen LogP contribution in [0.3, 0.4) is 0 Å². The van der Waals surface area contributed by atoms with Crippen molar-refractivity contribution in [3.05, 3.63) is 89.0 Å². The molecule has 0 unspecified atom stereocenters. The zero-order valence-electron chi connectivity index (χ0n) is 15.2. The molecule has 3 aromatic carbocycles. The fourth-order valence-electron chi connectivity index (χ4n) is 3.20. The molecule has 1 heterocycles. The number of rotatable bonds is 4. The average Bonchev–Trinajstić information content (AvgIpc) is 2.99. The monoisotopic (exact) mass is 388 g/mol. The Balaban J connectivity index is 1.60. The Morgan fingerprint density at radius 3 is 2.24 bits per heavy atom. The summed E-state index contributed by atoms with van der Waals surface area (Å²) in [6.07, 6.45) is 0. The lowest BCUT2D eigenvalue weighted by Gasteiger charge is -2.18. The third-order valence-electron chi connectivity index (χ3n) is 4.63. The van der Waals surface area contributed by atoms with Gasteiger partial charge in [0.2, 0.25) is 0 Å². The predicted molar refractivity (Wildman–Crippen MR) is 106 cm³/mol. The fraction of sp³-hybridized carbons (Fsp3) is 0.0455. The summed E-state index contributed by atoms with van der Waals surface area (Å²) in [4.78, 5) is 38.9. The minimum atomic E-state index is -0.771. The van der Waals surface area contributed by atoms with Crippen molar-refractivity contribution in [3.63, 3.8) is 0 Å². The number of imide groups is 1. The third kappa shape index (κ3) is 3.19. The van der Waals surface area contributed by atoms with E-state index in [4.69, 9.17) is 10.5 Å². The molecule has 3 N–H and O–H groups in total. The molecule has 1 aliphatic heterocycles. The molecule has 7 nitrogen and oxygen atoms in total. The van der Waals surface area contributed by atoms with Crippen LogP contribution in [0.2, 0.25) is 0 Å². The molecule has 0 saturated carbocycles. The molecule has 0 atom stereocenters. The van der Waals surface area contributed by atoms with E-state index in [1.165, 1.54) is 18.2 Å². The van der Waals surface area contributed by atoms with Crippen molar-refractivity contribution in [2.24, 2.45) is 0 Å². The van der Waals surface area contributed by atoms with Gasteiger partial charge in [-0.15, -0.1) is 0 Å². The third-order valence-corrected chi connectivity index (χ3v) is 4.63. The molecule has 0 saturated heterocycles. The minimum absolute atomic E-state index is 0.0665. The van der Waals surface area contributed by atoms with Crippen LogP contribution in [0.1, 0.15) is 36.6 Å². The summed E-state index contributed by atoms with van der Waals surface area (Å²) < 4.78 is 5.29. The van der Waals surface area contributed by atoms with Crippen molar-refractivity contribution in [3.8, 4) is 5.75 Å². The van der Waals surface area contributed by atoms with Gasteiger partial charge in [-0.25, -0.2) is 9.69 Å². The molecular weight excluding hydrogens is 372 g/mol. The first-order chi connectivity index (χ1) is 14.0. The molecule has 144 valence electrons. The number of nitrogen functional groups attached to an aromatic ring is 1. The van der Waals surface area contributed by atoms with E-state index in [0.717, 1.165) is 4.90 Å². The van der Waals surface area contributed by atoms with Crippen LogP contribution in [0.5, 0.6) is 5.75 Å². The number of nitrogens with two attached hydrogens (primary N) is 1. The van der Waals surface area contributed by atoms with Gasteiger partial charge in [0.1, 0.15) is 17.9 Å². The molecule has 3 aromatic rings. The molecule has 0 spiro atoms. The zero-order chi connectivity index (χ0) is 20.5. The van der Waals surface area contributed by atoms with Gasteiger partial charge in [-0.3, -0.25) is 9.59 Å². The summed E-state index contributed by atoms with van der Waals surface area (Å²) in [6.45, 7) is -0.198. The Hall–Kier alpha value is -4.13. The van der Waals surface area contributed by atoms with Crippen LogP contribution in [0, 0.1) is 0 Å². The summed E-state index contributed by atoms with van der Waals surface area (Å²) in [7, 11) is 0. The number of ether oxygens (including phenoxy) is 1. The fourth-order valence-corrected chi connectivity index (χ4v) is 3.20. The van der Waals surface area contributed by atoms with Gasteiger partial charge in [0.25, 0.3) is 11.8 Å². The number of carbonyl (C=O) groups excluding carboxylic acids is 3. The first-order valence-corrected chi connectivity index (χ1v) is 8.78. The number of para-hydroxylation sites is 1. The summed E-state index contributed by atoms with van der Waals surface area (Å²) in [5.74, 6) is -1.89. The number of phenols is 1. The number of anilines is 2. The van der Waals surface area contributed by atoms with Gasteiger partial charge >= 0.3 is 5.97 Å². The van der Waals surface area contributed by atoms with Crippen LogP contribution in [0.4, 0.5) is 11.4 Å². The number of benzene rings is 3. The van der Waals surface area contributed by atoms with E-state index in [2.05, 4.69) is 0 Å². The predicted octanol–water partition coefficient (Wildman–Crippen LogP) is 3.13. The van der Waals surface area contributed by atoms with E-state index in [9.17, 15) is 19.5 Å². The molecule has 4 rings (SSSR count). The summed E-state index contributed by atoms with van der Waals surface area (Å²) in [6, 6.07) is 17.3. The van der Waals surface area contributed by atoms with Crippen molar-refractivity contribution < 1.29 is 24.2 Å². The van der Waals surface area contributed by atoms with Crippen LogP contribution < -0.4 is 10.6 Å². The van der Waals surface area contributed by atoms with Gasteiger partial charge in [-0.1, -0.05) is 30.3 Å². The van der Waals surface area contributed by atoms with Crippen molar-refractivity contribution >= 4 is 29.2 Å². The highest BCUT2D eigenvalue weighted by Crippen LogP contribution is 2.31. The number of amides is 2. The first kappa shape index (κ1) is 18.2. The quantitative estimate of drug-likeness (QED) is 0.308. The number of fused-ring (bicyclic) bond motifs is 1. The number of phenolic OH excluding ortho intramolecular Hbond substituents is 1. The highest BCUT2D eigenvalue weighted by atomic mass is 16.5. The highest BCUT2D eigenvalue weighted by molar-refractivity contribution is 6.34. The molecule has 1 aliphatic rings. The largest absolute Gasteiger partial charge is 0.507 e. The molecule has 2 amide bonds. The van der Waals surface area contributed by atoms with Crippen LogP contribution in [-0.4, -0.2) is 22.9 Å². The van der Waals surface area contributed by atoms with Crippen molar-refractivity contribution in [2.75, 3.05) is 10.6 Å². The second-order valence-electron chi connectivity index (χ2n) is 6.47. The molecule has 29 heavy (non-hydrogen) atoms. The Kier molecular flexibility index (Phi) is 4.48. The van der Waals surface area contributed by atoms with E-state index in [1.54, 1.807) is 48.5 Å². The van der Waals surface area contributed by atoms with Crippen molar-refractivity contribution in [2.45, 2.75) is 6.61 Å². The molecule has 0 radical (unpaired) electrons. The maximum absolute atomic E-state index is 12.8. The van der Waals surface area contributed by atoms with Crippen molar-refractivity contribution in [1.29, 1.82) is 0 Å². The van der Waals surface area contributed by atoms with E-state index >= 15 is 0 Å². The van der Waals surface area contributed by atoms with E-state index in [1.807, 2.05) is 0 Å². The van der Waals surface area contributed by atoms with Gasteiger partial charge in [0.05, 0.1) is 16.8 Å². The van der Waals surface area contributed by atoms with Gasteiger partial charge in [0.15, 0.2) is 0 Å². The smallest absolute Gasteiger partial charge is 0.342 e. The standard InChI is InChI=1S/C22H16N2O5/c23-14-9-10-19(25)17(11-14)22(28)29-12-13-5-1-4-8-18(13)24-20(26)15-6-2-3-7-16(15)21(24)27/h1-11,25H,12,23H2. The highest BCUT2D eigenvalue weighted by Gasteiger charge is 2.37. The number of carbonyl (C=O) groups is 3. The lowest BCUT2D eigenvalue weighted by atomic mass is 10.1. The SMILES string of the molecule is Nc1ccc(O)c(C(=O)OCc2ccccc2N2C(=O)c3ccccc3C2=O)c1. The van der Waals surface area contributed by atoms with Crippen LogP contribution in [0.25, 0.3) is 0 Å². The second kappa shape index (κ2) is 7.12. The first-order valence-electron chi connectivity index (χ1n) is 8.78. The van der Waals surface area contributed by atoms with Crippen LogP contribution >= 0.6 is 0 Å². The Morgan fingerprint density at radius 1 is 0.931 bits per heavy atom. The Morgan fingerprint density at radius 2 is 1.55 bits per heavy atom. The molecule has 0 bridgehead atoms. The number of esters is 1. The van der Waals surface area contributed by atoms with Gasteiger partial charge in [-0.05, 0) is 36.4 Å². The van der Waals surface area contributed by atoms with Gasteiger partial charge < -0.3 is 15.6 Å². The lowest BCUT2D eigenvalue weighted by molar-refractivity contribution is 0.0470. The summed E-state index contributed by atoms with van der Waals surface area (Å²) >= 11 is 0. The average molecular weight is 388 g/mol. The Labute approximate surface area is 165 Å². The normalized spacial score (nSPS) is 12.8. The van der Waals surface area contributed by atoms with E-state index in [0.29, 0.717) is 28.1 Å². The number of hydrogen-bond donors (Lipinski definition) is 2. The lowest BCUT2D eigenvalue weighted by Crippen LogP contribution is -2.30. The minimum Gasteiger partial charge on any atom is -0.507 e. The van der Waals surface area contributed by atoms with Gasteiger partial charge in [0, 0.05) is 11.3 Å².